The number of likely N-dealkylation sites (tertiary alicyclic amines) is 1. The van der Waals surface area contributed by atoms with Crippen LogP contribution in [0.25, 0.3) is 0 Å². The van der Waals surface area contributed by atoms with Gasteiger partial charge in [-0.15, -0.1) is 0 Å². The van der Waals surface area contributed by atoms with Crippen molar-refractivity contribution >= 4 is 11.6 Å². The predicted molar refractivity (Wildman–Crippen MR) is 77.9 cm³/mol. The Kier molecular flexibility index (Phi) is 4.98. The van der Waals surface area contributed by atoms with Crippen LogP contribution in [-0.4, -0.2) is 48.8 Å². The molecule has 0 spiro atoms. The van der Waals surface area contributed by atoms with E-state index in [1.54, 1.807) is 7.11 Å². The zero-order valence-electron chi connectivity index (χ0n) is 12.0. The summed E-state index contributed by atoms with van der Waals surface area (Å²) in [4.78, 5) is 14.0. The monoisotopic (exact) mass is 278 g/mol. The number of aliphatic hydroxyl groups excluding tert-OH is 1. The molecule has 2 N–H and O–H groups in total. The van der Waals surface area contributed by atoms with E-state index < -0.39 is 0 Å². The highest BCUT2D eigenvalue weighted by molar-refractivity contribution is 5.93. The number of nitrogens with zero attached hydrogens (tertiary/aromatic N) is 1. The van der Waals surface area contributed by atoms with Gasteiger partial charge in [0, 0.05) is 6.54 Å². The molecule has 1 aromatic carbocycles. The van der Waals surface area contributed by atoms with E-state index >= 15 is 0 Å². The van der Waals surface area contributed by atoms with Crippen molar-refractivity contribution < 1.29 is 14.6 Å². The Morgan fingerprint density at radius 3 is 2.95 bits per heavy atom. The minimum atomic E-state index is -0.345. The van der Waals surface area contributed by atoms with Gasteiger partial charge in [0.15, 0.2) is 0 Å². The van der Waals surface area contributed by atoms with Crippen molar-refractivity contribution in [3.05, 3.63) is 24.3 Å². The number of carbonyl (C=O) groups excluding carboxylic acids is 1. The number of piperidine rings is 1. The van der Waals surface area contributed by atoms with E-state index in [9.17, 15) is 9.90 Å². The van der Waals surface area contributed by atoms with Gasteiger partial charge in [-0.1, -0.05) is 19.1 Å². The second kappa shape index (κ2) is 6.72. The van der Waals surface area contributed by atoms with Crippen molar-refractivity contribution in [1.82, 2.24) is 4.90 Å². The molecule has 0 aliphatic carbocycles. The molecule has 5 heteroatoms. The molecule has 1 fully saturated rings. The number of nitrogens with one attached hydrogen (secondary N) is 1. The normalized spacial score (nSPS) is 23.4. The van der Waals surface area contributed by atoms with E-state index in [1.165, 1.54) is 0 Å². The first-order valence-corrected chi connectivity index (χ1v) is 6.93. The third-order valence-electron chi connectivity index (χ3n) is 3.75. The molecule has 0 aromatic heterocycles. The predicted octanol–water partition coefficient (Wildman–Crippen LogP) is 1.34. The zero-order valence-corrected chi connectivity index (χ0v) is 12.0. The third kappa shape index (κ3) is 3.71. The van der Waals surface area contributed by atoms with Gasteiger partial charge in [-0.25, -0.2) is 0 Å². The minimum absolute atomic E-state index is 0.0868. The molecule has 1 aliphatic rings. The molecule has 0 bridgehead atoms. The quantitative estimate of drug-likeness (QED) is 0.872. The molecule has 1 heterocycles. The average molecular weight is 278 g/mol. The number of rotatable bonds is 4. The molecule has 0 radical (unpaired) electrons. The lowest BCUT2D eigenvalue weighted by Gasteiger charge is -2.33. The Balaban J connectivity index is 1.89. The molecule has 110 valence electrons. The van der Waals surface area contributed by atoms with E-state index in [0.717, 1.165) is 13.0 Å². The van der Waals surface area contributed by atoms with Crippen LogP contribution in [0.5, 0.6) is 5.75 Å². The van der Waals surface area contributed by atoms with Crippen LogP contribution in [0, 0.1) is 5.92 Å². The van der Waals surface area contributed by atoms with Gasteiger partial charge in [-0.2, -0.15) is 0 Å². The van der Waals surface area contributed by atoms with Crippen LogP contribution in [0.1, 0.15) is 13.3 Å². The Hall–Kier alpha value is -1.59. The van der Waals surface area contributed by atoms with Gasteiger partial charge in [-0.3, -0.25) is 9.69 Å². The van der Waals surface area contributed by atoms with Gasteiger partial charge in [0.25, 0.3) is 0 Å². The highest BCUT2D eigenvalue weighted by Gasteiger charge is 2.25. The number of amides is 1. The highest BCUT2D eigenvalue weighted by Crippen LogP contribution is 2.23. The summed E-state index contributed by atoms with van der Waals surface area (Å²) in [6, 6.07) is 7.33. The maximum atomic E-state index is 12.0. The molecular weight excluding hydrogens is 256 g/mol. The number of anilines is 1. The Bertz CT molecular complexity index is 464. The number of hydrogen-bond donors (Lipinski definition) is 2. The molecule has 1 aromatic rings. The first-order chi connectivity index (χ1) is 9.60. The van der Waals surface area contributed by atoms with Gasteiger partial charge in [0.05, 0.1) is 25.4 Å². The van der Waals surface area contributed by atoms with Crippen LogP contribution < -0.4 is 10.1 Å². The van der Waals surface area contributed by atoms with Crippen LogP contribution >= 0.6 is 0 Å². The SMILES string of the molecule is COc1ccccc1NC(=O)CN1CCC(C)C(O)C1. The zero-order chi connectivity index (χ0) is 14.5. The van der Waals surface area contributed by atoms with E-state index in [1.807, 2.05) is 36.1 Å². The highest BCUT2D eigenvalue weighted by atomic mass is 16.5. The van der Waals surface area contributed by atoms with E-state index in [4.69, 9.17) is 4.74 Å². The first-order valence-electron chi connectivity index (χ1n) is 6.93. The summed E-state index contributed by atoms with van der Waals surface area (Å²) in [5.74, 6) is 0.868. The molecule has 5 nitrogen and oxygen atoms in total. The van der Waals surface area contributed by atoms with Gasteiger partial charge in [0.2, 0.25) is 5.91 Å². The molecule has 2 unspecified atom stereocenters. The van der Waals surface area contributed by atoms with Crippen molar-refractivity contribution in [2.75, 3.05) is 32.1 Å². The number of carbonyl (C=O) groups is 1. The molecule has 20 heavy (non-hydrogen) atoms. The van der Waals surface area contributed by atoms with Crippen LogP contribution in [-0.2, 0) is 4.79 Å². The maximum Gasteiger partial charge on any atom is 0.238 e. The van der Waals surface area contributed by atoms with E-state index in [-0.39, 0.29) is 12.0 Å². The topological polar surface area (TPSA) is 61.8 Å². The number of methoxy groups -OCH3 is 1. The second-order valence-corrected chi connectivity index (χ2v) is 5.32. The van der Waals surface area contributed by atoms with Gasteiger partial charge in [-0.05, 0) is 31.0 Å². The second-order valence-electron chi connectivity index (χ2n) is 5.32. The number of hydrogen-bond acceptors (Lipinski definition) is 4. The summed E-state index contributed by atoms with van der Waals surface area (Å²) >= 11 is 0. The molecule has 1 aliphatic heterocycles. The maximum absolute atomic E-state index is 12.0. The van der Waals surface area contributed by atoms with Gasteiger partial charge >= 0.3 is 0 Å². The van der Waals surface area contributed by atoms with Gasteiger partial charge < -0.3 is 15.2 Å². The molecular formula is C15H22N2O3. The number of β-amino-alcohol motifs (C(OH)–C–C–N with tert-alkyl or cyclic N) is 1. The molecule has 1 saturated heterocycles. The summed E-state index contributed by atoms with van der Waals surface area (Å²) in [6.07, 6.45) is 0.575. The lowest BCUT2D eigenvalue weighted by atomic mass is 9.96. The third-order valence-corrected chi connectivity index (χ3v) is 3.75. The smallest absolute Gasteiger partial charge is 0.238 e. The molecule has 2 rings (SSSR count). The number of aliphatic hydroxyl groups is 1. The van der Waals surface area contributed by atoms with Crippen molar-refractivity contribution in [1.29, 1.82) is 0 Å². The average Bonchev–Trinajstić information content (AvgIpc) is 2.43. The fourth-order valence-corrected chi connectivity index (χ4v) is 2.40. The largest absolute Gasteiger partial charge is 0.495 e. The van der Waals surface area contributed by atoms with Gasteiger partial charge in [0.1, 0.15) is 5.75 Å². The summed E-state index contributed by atoms with van der Waals surface area (Å²) in [6.45, 7) is 3.73. The summed E-state index contributed by atoms with van der Waals surface area (Å²) < 4.78 is 5.20. The lowest BCUT2D eigenvalue weighted by molar-refractivity contribution is -0.118. The van der Waals surface area contributed by atoms with E-state index in [2.05, 4.69) is 5.32 Å². The van der Waals surface area contributed by atoms with Crippen LogP contribution in [0.15, 0.2) is 24.3 Å². The van der Waals surface area contributed by atoms with Crippen molar-refractivity contribution in [2.45, 2.75) is 19.4 Å². The number of ether oxygens (including phenoxy) is 1. The lowest BCUT2D eigenvalue weighted by Crippen LogP contribution is -2.45. The summed E-state index contributed by atoms with van der Waals surface area (Å²) in [7, 11) is 1.58. The number of benzene rings is 1. The molecule has 1 amide bonds. The van der Waals surface area contributed by atoms with Crippen molar-refractivity contribution in [2.24, 2.45) is 5.92 Å². The first kappa shape index (κ1) is 14.8. The number of para-hydroxylation sites is 2. The van der Waals surface area contributed by atoms with Crippen LogP contribution in [0.3, 0.4) is 0 Å². The van der Waals surface area contributed by atoms with Crippen LogP contribution in [0.2, 0.25) is 0 Å². The minimum Gasteiger partial charge on any atom is -0.495 e. The standard InChI is InChI=1S/C15H22N2O3/c1-11-7-8-17(9-13(11)18)10-15(19)16-12-5-3-4-6-14(12)20-2/h3-6,11,13,18H,7-10H2,1-2H3,(H,16,19). The van der Waals surface area contributed by atoms with Crippen molar-refractivity contribution in [3.63, 3.8) is 0 Å². The van der Waals surface area contributed by atoms with Crippen molar-refractivity contribution in [3.8, 4) is 5.75 Å². The Morgan fingerprint density at radius 1 is 1.50 bits per heavy atom. The Labute approximate surface area is 119 Å². The molecule has 0 saturated carbocycles. The molecule has 2 atom stereocenters. The fraction of sp³-hybridized carbons (Fsp3) is 0.533. The fourth-order valence-electron chi connectivity index (χ4n) is 2.40. The van der Waals surface area contributed by atoms with E-state index in [0.29, 0.717) is 30.4 Å². The summed E-state index contributed by atoms with van der Waals surface area (Å²) in [5, 5.41) is 12.7. The Morgan fingerprint density at radius 2 is 2.25 bits per heavy atom. The van der Waals surface area contributed by atoms with Crippen LogP contribution in [0.4, 0.5) is 5.69 Å². The summed E-state index contributed by atoms with van der Waals surface area (Å²) in [5.41, 5.74) is 0.672.